The van der Waals surface area contributed by atoms with Crippen molar-refractivity contribution in [3.8, 4) is 0 Å². The Balaban J connectivity index is 1.60. The Kier molecular flexibility index (Phi) is 6.51. The average molecular weight is 448 g/mol. The van der Waals surface area contributed by atoms with Crippen LogP contribution in [0.5, 0.6) is 0 Å². The molecular weight excluding hydrogens is 429 g/mol. The zero-order valence-corrected chi connectivity index (χ0v) is 17.9. The summed E-state index contributed by atoms with van der Waals surface area (Å²) in [6.45, 7) is 0. The van der Waals surface area contributed by atoms with E-state index in [1.54, 1.807) is 42.5 Å². The lowest BCUT2D eigenvalue weighted by molar-refractivity contribution is 0.0977. The topological polar surface area (TPSA) is 53.5 Å². The van der Waals surface area contributed by atoms with Gasteiger partial charge in [-0.25, -0.2) is 4.99 Å². The summed E-state index contributed by atoms with van der Waals surface area (Å²) in [5, 5.41) is 6.90. The number of benzene rings is 3. The minimum absolute atomic E-state index is 0.256. The molecule has 0 atom stereocenters. The maximum atomic E-state index is 12.7. The zero-order valence-electron chi connectivity index (χ0n) is 16.4. The first-order valence-corrected chi connectivity index (χ1v) is 10.5. The van der Waals surface area contributed by atoms with Crippen LogP contribution in [0.3, 0.4) is 0 Å². The maximum Gasteiger partial charge on any atom is 0.257 e. The average Bonchev–Trinajstić information content (AvgIpc) is 3.32. The van der Waals surface area contributed by atoms with E-state index in [1.807, 2.05) is 42.5 Å². The number of nitrogens with one attached hydrogen (secondary N) is 2. The van der Waals surface area contributed by atoms with E-state index in [-0.39, 0.29) is 17.8 Å². The lowest BCUT2D eigenvalue weighted by atomic mass is 10.0. The quantitative estimate of drug-likeness (QED) is 0.343. The van der Waals surface area contributed by atoms with Crippen LogP contribution in [0.4, 0.5) is 11.4 Å². The summed E-state index contributed by atoms with van der Waals surface area (Å²) in [4.78, 5) is 17.2. The minimum atomic E-state index is -0.283. The van der Waals surface area contributed by atoms with E-state index >= 15 is 0 Å². The second-order valence-electron chi connectivity index (χ2n) is 6.92. The number of hydrogen-bond acceptors (Lipinski definition) is 2. The van der Waals surface area contributed by atoms with E-state index in [0.29, 0.717) is 21.3 Å². The number of allylic oxidation sites excluding steroid dienone is 4. The predicted molar refractivity (Wildman–Crippen MR) is 129 cm³/mol. The second-order valence-corrected chi connectivity index (χ2v) is 7.76. The van der Waals surface area contributed by atoms with Gasteiger partial charge in [0.15, 0.2) is 0 Å². The van der Waals surface area contributed by atoms with Crippen LogP contribution < -0.4 is 10.6 Å². The molecule has 4 nitrogen and oxygen atoms in total. The Morgan fingerprint density at radius 3 is 2.26 bits per heavy atom. The number of guanidine groups is 1. The number of carbonyl (C=O) groups excluding carboxylic acids is 1. The number of aliphatic imine (C=N–C) groups is 1. The normalized spacial score (nSPS) is 13.4. The Bertz CT molecular complexity index is 1160. The number of halogens is 2. The molecule has 6 heteroatoms. The van der Waals surface area contributed by atoms with Crippen molar-refractivity contribution in [3.05, 3.63) is 118 Å². The number of rotatable bonds is 4. The number of anilines is 1. The summed E-state index contributed by atoms with van der Waals surface area (Å²) in [7, 11) is 0. The van der Waals surface area contributed by atoms with Crippen LogP contribution in [-0.4, -0.2) is 11.9 Å². The number of nitrogens with zero attached hydrogens (tertiary/aromatic N) is 1. The summed E-state index contributed by atoms with van der Waals surface area (Å²) in [5.74, 6) is 0.258. The molecule has 3 aromatic carbocycles. The van der Waals surface area contributed by atoms with Gasteiger partial charge in [0.05, 0.1) is 10.7 Å². The van der Waals surface area contributed by atoms with Crippen LogP contribution in [0, 0.1) is 0 Å². The SMILES string of the molecule is O=C(NC(=Nc1ccc(Cl)cc1Cl)Nc1ccc(C2C=CC=C2)cc1)c1ccccc1. The molecule has 0 saturated carbocycles. The fourth-order valence-corrected chi connectivity index (χ4v) is 3.58. The van der Waals surface area contributed by atoms with Gasteiger partial charge in [0.25, 0.3) is 5.91 Å². The summed E-state index contributed by atoms with van der Waals surface area (Å²) < 4.78 is 0. The van der Waals surface area contributed by atoms with Gasteiger partial charge in [-0.1, -0.05) is 77.8 Å². The summed E-state index contributed by atoms with van der Waals surface area (Å²) in [6, 6.07) is 21.9. The van der Waals surface area contributed by atoms with E-state index in [4.69, 9.17) is 23.2 Å². The standard InChI is InChI=1S/C25H19Cl2N3O/c26-20-12-15-23(22(27)16-20)29-25(30-24(31)19-8-2-1-3-9-19)28-21-13-10-18(11-14-21)17-6-4-5-7-17/h1-17H,(H2,28,29,30,31). The molecule has 0 unspecified atom stereocenters. The minimum Gasteiger partial charge on any atom is -0.326 e. The Morgan fingerprint density at radius 1 is 0.871 bits per heavy atom. The van der Waals surface area contributed by atoms with Gasteiger partial charge in [-0.3, -0.25) is 10.1 Å². The molecule has 154 valence electrons. The highest BCUT2D eigenvalue weighted by Gasteiger charge is 2.12. The highest BCUT2D eigenvalue weighted by molar-refractivity contribution is 6.36. The third-order valence-electron chi connectivity index (χ3n) is 4.72. The van der Waals surface area contributed by atoms with Gasteiger partial charge in [-0.05, 0) is 48.0 Å². The summed E-state index contributed by atoms with van der Waals surface area (Å²) in [5.41, 5.74) is 2.98. The molecule has 31 heavy (non-hydrogen) atoms. The molecule has 0 fully saturated rings. The molecule has 0 radical (unpaired) electrons. The van der Waals surface area contributed by atoms with Crippen molar-refractivity contribution in [2.45, 2.75) is 5.92 Å². The van der Waals surface area contributed by atoms with E-state index in [1.165, 1.54) is 5.56 Å². The van der Waals surface area contributed by atoms with Gasteiger partial charge in [0, 0.05) is 22.2 Å². The summed E-state index contributed by atoms with van der Waals surface area (Å²) >= 11 is 12.3. The first kappa shape index (κ1) is 20.9. The zero-order chi connectivity index (χ0) is 21.6. The molecule has 0 bridgehead atoms. The second kappa shape index (κ2) is 9.65. The van der Waals surface area contributed by atoms with Crippen LogP contribution in [0.25, 0.3) is 0 Å². The molecule has 3 aromatic rings. The molecule has 1 aliphatic rings. The molecule has 4 rings (SSSR count). The molecule has 0 aromatic heterocycles. The van der Waals surface area contributed by atoms with Crippen molar-refractivity contribution in [1.82, 2.24) is 5.32 Å². The van der Waals surface area contributed by atoms with Gasteiger partial charge in [0.1, 0.15) is 0 Å². The van der Waals surface area contributed by atoms with Gasteiger partial charge < -0.3 is 5.32 Å². The number of hydrogen-bond donors (Lipinski definition) is 2. The van der Waals surface area contributed by atoms with Crippen molar-refractivity contribution in [2.24, 2.45) is 4.99 Å². The Hall–Kier alpha value is -3.34. The largest absolute Gasteiger partial charge is 0.326 e. The van der Waals surface area contributed by atoms with Crippen LogP contribution >= 0.6 is 23.2 Å². The van der Waals surface area contributed by atoms with Gasteiger partial charge in [-0.15, -0.1) is 0 Å². The van der Waals surface area contributed by atoms with Gasteiger partial charge in [0.2, 0.25) is 5.96 Å². The van der Waals surface area contributed by atoms with E-state index < -0.39 is 0 Å². The number of carbonyl (C=O) groups is 1. The Labute approximate surface area is 190 Å². The fraction of sp³-hybridized carbons (Fsp3) is 0.0400. The molecule has 0 saturated heterocycles. The predicted octanol–water partition coefficient (Wildman–Crippen LogP) is 6.73. The highest BCUT2D eigenvalue weighted by atomic mass is 35.5. The van der Waals surface area contributed by atoms with E-state index in [0.717, 1.165) is 5.69 Å². The van der Waals surface area contributed by atoms with Gasteiger partial charge in [-0.2, -0.15) is 0 Å². The van der Waals surface area contributed by atoms with Gasteiger partial charge >= 0.3 is 0 Å². The first-order chi connectivity index (χ1) is 15.1. The molecule has 0 aliphatic heterocycles. The molecule has 0 spiro atoms. The van der Waals surface area contributed by atoms with Crippen LogP contribution in [0.15, 0.2) is 102 Å². The third-order valence-corrected chi connectivity index (χ3v) is 5.25. The van der Waals surface area contributed by atoms with Crippen molar-refractivity contribution >= 4 is 46.4 Å². The fourth-order valence-electron chi connectivity index (χ4n) is 3.13. The smallest absolute Gasteiger partial charge is 0.257 e. The maximum absolute atomic E-state index is 12.7. The highest BCUT2D eigenvalue weighted by Crippen LogP contribution is 2.28. The lowest BCUT2D eigenvalue weighted by Gasteiger charge is -2.13. The molecule has 2 N–H and O–H groups in total. The monoisotopic (exact) mass is 447 g/mol. The Morgan fingerprint density at radius 2 is 1.58 bits per heavy atom. The molecule has 0 heterocycles. The molecule has 1 amide bonds. The lowest BCUT2D eigenvalue weighted by Crippen LogP contribution is -2.35. The van der Waals surface area contributed by atoms with Crippen molar-refractivity contribution in [2.75, 3.05) is 5.32 Å². The third kappa shape index (κ3) is 5.43. The van der Waals surface area contributed by atoms with Crippen molar-refractivity contribution in [1.29, 1.82) is 0 Å². The van der Waals surface area contributed by atoms with E-state index in [2.05, 4.69) is 27.8 Å². The van der Waals surface area contributed by atoms with Crippen molar-refractivity contribution in [3.63, 3.8) is 0 Å². The molecular formula is C25H19Cl2N3O. The molecule has 1 aliphatic carbocycles. The first-order valence-electron chi connectivity index (χ1n) is 9.70. The summed E-state index contributed by atoms with van der Waals surface area (Å²) in [6.07, 6.45) is 8.35. The van der Waals surface area contributed by atoms with Crippen LogP contribution in [0.2, 0.25) is 10.0 Å². The number of amides is 1. The van der Waals surface area contributed by atoms with E-state index in [9.17, 15) is 4.79 Å². The van der Waals surface area contributed by atoms with Crippen molar-refractivity contribution < 1.29 is 4.79 Å². The van der Waals surface area contributed by atoms with Crippen LogP contribution in [0.1, 0.15) is 21.8 Å². The van der Waals surface area contributed by atoms with Crippen LogP contribution in [-0.2, 0) is 0 Å².